The van der Waals surface area contributed by atoms with Gasteiger partial charge in [-0.25, -0.2) is 4.98 Å². The first-order valence-corrected chi connectivity index (χ1v) is 2.91. The molecule has 1 N–H and O–H groups in total. The van der Waals surface area contributed by atoms with Crippen LogP contribution in [0.3, 0.4) is 0 Å². The lowest BCUT2D eigenvalue weighted by Crippen LogP contribution is -1.88. The van der Waals surface area contributed by atoms with Crippen LogP contribution in [0.5, 0.6) is 11.6 Å². The van der Waals surface area contributed by atoms with E-state index in [2.05, 4.69) is 9.72 Å². The highest BCUT2D eigenvalue weighted by Gasteiger charge is 2.02. The largest absolute Gasteiger partial charge is 0.503 e. The van der Waals surface area contributed by atoms with Gasteiger partial charge in [-0.15, -0.1) is 0 Å². The molecular weight excluding hydrogens is 144 g/mol. The van der Waals surface area contributed by atoms with E-state index in [1.807, 2.05) is 6.07 Å². The van der Waals surface area contributed by atoms with Gasteiger partial charge in [-0.1, -0.05) is 0 Å². The summed E-state index contributed by atoms with van der Waals surface area (Å²) in [5.41, 5.74) is 0.309. The maximum Gasteiger partial charge on any atom is 0.256 e. The maximum absolute atomic E-state index is 9.08. The fraction of sp³-hybridized carbons (Fsp3) is 0.143. The second-order valence-electron chi connectivity index (χ2n) is 1.86. The zero-order valence-electron chi connectivity index (χ0n) is 5.90. The Bertz CT molecular complexity index is 304. The van der Waals surface area contributed by atoms with Gasteiger partial charge in [0.15, 0.2) is 5.75 Å². The first-order chi connectivity index (χ1) is 5.27. The Balaban J connectivity index is 3.12. The number of methoxy groups -OCH3 is 1. The molecule has 0 aliphatic heterocycles. The highest BCUT2D eigenvalue weighted by atomic mass is 16.5. The van der Waals surface area contributed by atoms with Crippen LogP contribution in [0.2, 0.25) is 0 Å². The Morgan fingerprint density at radius 2 is 2.45 bits per heavy atom. The molecule has 0 fully saturated rings. The van der Waals surface area contributed by atoms with Crippen molar-refractivity contribution < 1.29 is 9.84 Å². The normalized spacial score (nSPS) is 8.73. The Hall–Kier alpha value is -1.76. The van der Waals surface area contributed by atoms with Gasteiger partial charge in [-0.3, -0.25) is 0 Å². The van der Waals surface area contributed by atoms with Crippen molar-refractivity contribution in [3.8, 4) is 17.7 Å². The summed E-state index contributed by atoms with van der Waals surface area (Å²) in [5.74, 6) is 0.00977. The lowest BCUT2D eigenvalue weighted by Gasteiger charge is -1.99. The van der Waals surface area contributed by atoms with E-state index < -0.39 is 0 Å². The predicted octanol–water partition coefficient (Wildman–Crippen LogP) is 0.667. The van der Waals surface area contributed by atoms with Crippen molar-refractivity contribution in [1.82, 2.24) is 4.98 Å². The van der Waals surface area contributed by atoms with Gasteiger partial charge < -0.3 is 9.84 Å². The van der Waals surface area contributed by atoms with Crippen LogP contribution in [0.15, 0.2) is 12.3 Å². The maximum atomic E-state index is 9.08. The van der Waals surface area contributed by atoms with E-state index in [0.717, 1.165) is 0 Å². The van der Waals surface area contributed by atoms with Crippen molar-refractivity contribution in [2.45, 2.75) is 0 Å². The van der Waals surface area contributed by atoms with Gasteiger partial charge in [0, 0.05) is 12.3 Å². The molecule has 0 amide bonds. The third-order valence-corrected chi connectivity index (χ3v) is 1.15. The summed E-state index contributed by atoms with van der Waals surface area (Å²) in [7, 11) is 1.40. The molecule has 1 aromatic rings. The number of hydrogen-bond acceptors (Lipinski definition) is 4. The highest BCUT2D eigenvalue weighted by molar-refractivity contribution is 5.39. The number of rotatable bonds is 1. The second-order valence-corrected chi connectivity index (χ2v) is 1.86. The molecule has 0 spiro atoms. The minimum atomic E-state index is -0.119. The van der Waals surface area contributed by atoms with Gasteiger partial charge >= 0.3 is 0 Å². The smallest absolute Gasteiger partial charge is 0.256 e. The number of aromatic hydroxyl groups is 1. The van der Waals surface area contributed by atoms with E-state index in [4.69, 9.17) is 10.4 Å². The van der Waals surface area contributed by atoms with Gasteiger partial charge in [-0.2, -0.15) is 5.26 Å². The summed E-state index contributed by atoms with van der Waals surface area (Å²) in [4.78, 5) is 3.67. The Kier molecular flexibility index (Phi) is 1.93. The molecule has 0 aromatic carbocycles. The zero-order valence-corrected chi connectivity index (χ0v) is 5.90. The van der Waals surface area contributed by atoms with Crippen LogP contribution in [0, 0.1) is 11.3 Å². The summed E-state index contributed by atoms with van der Waals surface area (Å²) >= 11 is 0. The molecule has 56 valence electrons. The molecule has 11 heavy (non-hydrogen) atoms. The quantitative estimate of drug-likeness (QED) is 0.638. The number of aromatic nitrogens is 1. The third-order valence-electron chi connectivity index (χ3n) is 1.15. The van der Waals surface area contributed by atoms with Crippen molar-refractivity contribution in [2.75, 3.05) is 7.11 Å². The molecule has 0 saturated heterocycles. The Morgan fingerprint density at radius 1 is 1.73 bits per heavy atom. The van der Waals surface area contributed by atoms with Crippen LogP contribution in [0.4, 0.5) is 0 Å². The van der Waals surface area contributed by atoms with Crippen molar-refractivity contribution in [2.24, 2.45) is 0 Å². The van der Waals surface area contributed by atoms with Crippen molar-refractivity contribution in [3.05, 3.63) is 17.8 Å². The summed E-state index contributed by atoms with van der Waals surface area (Å²) in [5, 5.41) is 17.5. The van der Waals surface area contributed by atoms with Crippen LogP contribution >= 0.6 is 0 Å². The number of ether oxygens (including phenoxy) is 1. The fourth-order valence-electron chi connectivity index (χ4n) is 0.659. The van der Waals surface area contributed by atoms with Gasteiger partial charge in [0.1, 0.15) is 6.07 Å². The minimum absolute atomic E-state index is 0.119. The third kappa shape index (κ3) is 1.38. The Labute approximate surface area is 63.7 Å². The Morgan fingerprint density at radius 3 is 2.91 bits per heavy atom. The van der Waals surface area contributed by atoms with E-state index in [1.54, 1.807) is 0 Å². The van der Waals surface area contributed by atoms with Crippen LogP contribution in [0.1, 0.15) is 5.56 Å². The molecule has 0 aliphatic rings. The average molecular weight is 150 g/mol. The zero-order chi connectivity index (χ0) is 8.27. The molecular formula is C7H6N2O2. The minimum Gasteiger partial charge on any atom is -0.503 e. The first kappa shape index (κ1) is 7.35. The molecule has 4 nitrogen and oxygen atoms in total. The van der Waals surface area contributed by atoms with E-state index in [-0.39, 0.29) is 11.6 Å². The molecule has 0 bridgehead atoms. The van der Waals surface area contributed by atoms with Crippen molar-refractivity contribution in [1.29, 1.82) is 5.26 Å². The van der Waals surface area contributed by atoms with Gasteiger partial charge in [0.2, 0.25) is 0 Å². The van der Waals surface area contributed by atoms with E-state index in [9.17, 15) is 0 Å². The van der Waals surface area contributed by atoms with Crippen LogP contribution in [-0.2, 0) is 0 Å². The van der Waals surface area contributed by atoms with E-state index >= 15 is 0 Å². The lowest BCUT2D eigenvalue weighted by atomic mass is 10.3. The van der Waals surface area contributed by atoms with Gasteiger partial charge in [-0.05, 0) is 0 Å². The summed E-state index contributed by atoms with van der Waals surface area (Å²) < 4.78 is 4.67. The molecule has 0 aliphatic carbocycles. The van der Waals surface area contributed by atoms with Crippen LogP contribution < -0.4 is 4.74 Å². The number of nitrogens with zero attached hydrogens (tertiary/aromatic N) is 2. The summed E-state index contributed by atoms with van der Waals surface area (Å²) in [6.45, 7) is 0. The topological polar surface area (TPSA) is 66.1 Å². The summed E-state index contributed by atoms with van der Waals surface area (Å²) in [6, 6.07) is 3.14. The van der Waals surface area contributed by atoms with Gasteiger partial charge in [0.25, 0.3) is 5.88 Å². The fourth-order valence-corrected chi connectivity index (χ4v) is 0.659. The molecule has 4 heteroatoms. The van der Waals surface area contributed by atoms with Gasteiger partial charge in [0.05, 0.1) is 12.7 Å². The summed E-state index contributed by atoms with van der Waals surface area (Å²) in [6.07, 6.45) is 1.33. The standard InChI is InChI=1S/C7H6N2O2/c1-11-7-6(10)2-5(3-8)4-9-7/h2,4,10H,1H3. The van der Waals surface area contributed by atoms with E-state index in [1.165, 1.54) is 19.4 Å². The van der Waals surface area contributed by atoms with Crippen LogP contribution in [-0.4, -0.2) is 17.2 Å². The molecule has 1 rings (SSSR count). The van der Waals surface area contributed by atoms with Crippen LogP contribution in [0.25, 0.3) is 0 Å². The highest BCUT2D eigenvalue weighted by Crippen LogP contribution is 2.22. The molecule has 1 aromatic heterocycles. The number of nitriles is 1. The first-order valence-electron chi connectivity index (χ1n) is 2.91. The van der Waals surface area contributed by atoms with Crippen molar-refractivity contribution >= 4 is 0 Å². The number of hydrogen-bond donors (Lipinski definition) is 1. The molecule has 0 saturated carbocycles. The lowest BCUT2D eigenvalue weighted by molar-refractivity contribution is 0.358. The molecule has 1 heterocycles. The second kappa shape index (κ2) is 2.88. The molecule has 0 atom stereocenters. The number of pyridine rings is 1. The monoisotopic (exact) mass is 150 g/mol. The van der Waals surface area contributed by atoms with Crippen molar-refractivity contribution in [3.63, 3.8) is 0 Å². The molecule has 0 radical (unpaired) electrons. The SMILES string of the molecule is COc1ncc(C#N)cc1O. The average Bonchev–Trinajstić information content (AvgIpc) is 2.04. The predicted molar refractivity (Wildman–Crippen MR) is 37.2 cm³/mol. The van der Waals surface area contributed by atoms with E-state index in [0.29, 0.717) is 5.56 Å². The molecule has 0 unspecified atom stereocenters.